The molecule has 9 heteroatoms. The van der Waals surface area contributed by atoms with Crippen LogP contribution >= 0.6 is 11.6 Å². The van der Waals surface area contributed by atoms with Gasteiger partial charge < -0.3 is 18.6 Å². The Morgan fingerprint density at radius 3 is 2.46 bits per heavy atom. The minimum Gasteiger partial charge on any atom is -0.467 e. The van der Waals surface area contributed by atoms with Crippen LogP contribution in [-0.4, -0.2) is 16.7 Å². The van der Waals surface area contributed by atoms with E-state index in [-0.39, 0.29) is 35.4 Å². The van der Waals surface area contributed by atoms with Crippen LogP contribution in [0.4, 0.5) is 10.1 Å². The maximum absolute atomic E-state index is 14.7. The molecular formula is C30H18ClFN2O5. The lowest BCUT2D eigenvalue weighted by Crippen LogP contribution is -2.52. The summed E-state index contributed by atoms with van der Waals surface area (Å²) in [6.45, 7) is 0.0117. The van der Waals surface area contributed by atoms with E-state index >= 15 is 0 Å². The number of benzene rings is 3. The fourth-order valence-corrected chi connectivity index (χ4v) is 5.84. The van der Waals surface area contributed by atoms with Crippen LogP contribution in [0.15, 0.2) is 98.8 Å². The fraction of sp³-hybridized carbons (Fsp3) is 0.100. The number of para-hydroxylation sites is 1. The fourth-order valence-electron chi connectivity index (χ4n) is 5.67. The summed E-state index contributed by atoms with van der Waals surface area (Å²) in [6, 6.07) is 20.8. The molecule has 192 valence electrons. The van der Waals surface area contributed by atoms with Crippen molar-refractivity contribution in [1.29, 1.82) is 0 Å². The van der Waals surface area contributed by atoms with Gasteiger partial charge in [-0.05, 0) is 54.1 Å². The molecule has 0 bridgehead atoms. The summed E-state index contributed by atoms with van der Waals surface area (Å²) in [4.78, 5) is 45.7. The molecule has 0 saturated heterocycles. The summed E-state index contributed by atoms with van der Waals surface area (Å²) >= 11 is 6.21. The number of carbonyl (C=O) groups is 2. The van der Waals surface area contributed by atoms with Gasteiger partial charge in [0.25, 0.3) is 11.8 Å². The number of halogens is 2. The third-order valence-electron chi connectivity index (χ3n) is 7.35. The topological polar surface area (TPSA) is 84.0 Å². The van der Waals surface area contributed by atoms with E-state index in [4.69, 9.17) is 20.4 Å². The average molecular weight is 541 g/mol. The molecule has 1 spiro atoms. The zero-order valence-corrected chi connectivity index (χ0v) is 20.9. The van der Waals surface area contributed by atoms with Gasteiger partial charge in [-0.2, -0.15) is 0 Å². The van der Waals surface area contributed by atoms with E-state index in [1.165, 1.54) is 40.3 Å². The summed E-state index contributed by atoms with van der Waals surface area (Å²) in [5.74, 6) is -1.28. The molecule has 7 rings (SSSR count). The van der Waals surface area contributed by atoms with Gasteiger partial charge in [-0.15, -0.1) is 0 Å². The zero-order valence-electron chi connectivity index (χ0n) is 20.2. The van der Waals surface area contributed by atoms with E-state index in [9.17, 15) is 18.8 Å². The second-order valence-corrected chi connectivity index (χ2v) is 9.93. The SMILES string of the molecule is O=C1c2oc3ccc(Cl)cc3c(=O)c2C2(C(=O)N(Cc3ccc(F)cc3)c3ccccc32)N1Cc1ccco1. The molecule has 5 aromatic rings. The highest BCUT2D eigenvalue weighted by Gasteiger charge is 2.65. The molecule has 2 aliphatic heterocycles. The molecule has 0 saturated carbocycles. The van der Waals surface area contributed by atoms with Crippen molar-refractivity contribution in [3.63, 3.8) is 0 Å². The standard InChI is InChI=1S/C30H18ClFN2O5/c31-18-9-12-24-21(14-18)26(35)25-27(39-24)28(36)34(16-20-4-3-13-38-20)30(25)22-5-1-2-6-23(22)33(29(30)37)15-17-7-10-19(32)11-8-17/h1-14H,15-16H2. The molecular weight excluding hydrogens is 523 g/mol. The highest BCUT2D eigenvalue weighted by atomic mass is 35.5. The van der Waals surface area contributed by atoms with E-state index in [2.05, 4.69) is 0 Å². The van der Waals surface area contributed by atoms with E-state index in [0.29, 0.717) is 27.6 Å². The highest BCUT2D eigenvalue weighted by molar-refractivity contribution is 6.31. The third-order valence-corrected chi connectivity index (χ3v) is 7.58. The van der Waals surface area contributed by atoms with Crippen molar-refractivity contribution >= 4 is 40.1 Å². The maximum atomic E-state index is 14.7. The monoisotopic (exact) mass is 540 g/mol. The Labute approximate surface area is 225 Å². The first kappa shape index (κ1) is 23.4. The van der Waals surface area contributed by atoms with Gasteiger partial charge in [-0.3, -0.25) is 14.4 Å². The molecule has 0 radical (unpaired) electrons. The normalized spacial score (nSPS) is 17.9. The Bertz CT molecular complexity index is 1870. The number of carbonyl (C=O) groups excluding carboxylic acids is 2. The van der Waals surface area contributed by atoms with Gasteiger partial charge in [-0.25, -0.2) is 4.39 Å². The summed E-state index contributed by atoms with van der Waals surface area (Å²) in [5.41, 5.74) is -0.535. The van der Waals surface area contributed by atoms with Crippen LogP contribution in [0, 0.1) is 5.82 Å². The van der Waals surface area contributed by atoms with Crippen LogP contribution in [0.5, 0.6) is 0 Å². The van der Waals surface area contributed by atoms with Gasteiger partial charge in [0.05, 0.1) is 36.0 Å². The van der Waals surface area contributed by atoms with Crippen molar-refractivity contribution in [3.8, 4) is 0 Å². The van der Waals surface area contributed by atoms with Crippen LogP contribution in [-0.2, 0) is 23.4 Å². The lowest BCUT2D eigenvalue weighted by molar-refractivity contribution is -0.126. The van der Waals surface area contributed by atoms with Gasteiger partial charge in [0, 0.05) is 10.6 Å². The summed E-state index contributed by atoms with van der Waals surface area (Å²) in [7, 11) is 0. The number of nitrogens with zero attached hydrogens (tertiary/aromatic N) is 2. The van der Waals surface area contributed by atoms with Crippen molar-refractivity contribution < 1.29 is 22.8 Å². The molecule has 1 unspecified atom stereocenters. The van der Waals surface area contributed by atoms with Crippen LogP contribution in [0.25, 0.3) is 11.0 Å². The Balaban J connectivity index is 1.52. The van der Waals surface area contributed by atoms with E-state index in [0.717, 1.165) is 0 Å². The number of fused-ring (bicyclic) bond motifs is 5. The summed E-state index contributed by atoms with van der Waals surface area (Å²) in [6.07, 6.45) is 1.47. The smallest absolute Gasteiger partial charge is 0.291 e. The first-order valence-electron chi connectivity index (χ1n) is 12.2. The van der Waals surface area contributed by atoms with Crippen molar-refractivity contribution in [3.05, 3.63) is 134 Å². The second-order valence-electron chi connectivity index (χ2n) is 9.49. The lowest BCUT2D eigenvalue weighted by Gasteiger charge is -2.33. The van der Waals surface area contributed by atoms with Gasteiger partial charge in [0.15, 0.2) is 11.0 Å². The summed E-state index contributed by atoms with van der Waals surface area (Å²) in [5, 5.41) is 0.479. The molecule has 0 aliphatic carbocycles. The van der Waals surface area contributed by atoms with Gasteiger partial charge in [0.1, 0.15) is 17.2 Å². The van der Waals surface area contributed by atoms with Crippen LogP contribution in [0.2, 0.25) is 5.02 Å². The summed E-state index contributed by atoms with van der Waals surface area (Å²) < 4.78 is 25.2. The Hall–Kier alpha value is -4.69. The van der Waals surface area contributed by atoms with Crippen molar-refractivity contribution in [2.75, 3.05) is 4.90 Å². The van der Waals surface area contributed by atoms with Crippen molar-refractivity contribution in [2.24, 2.45) is 0 Å². The molecule has 7 nitrogen and oxygen atoms in total. The predicted octanol–water partition coefficient (Wildman–Crippen LogP) is 5.62. The van der Waals surface area contributed by atoms with Crippen LogP contribution in [0.3, 0.4) is 0 Å². The molecule has 4 heterocycles. The number of anilines is 1. The Morgan fingerprint density at radius 2 is 1.69 bits per heavy atom. The largest absolute Gasteiger partial charge is 0.467 e. The maximum Gasteiger partial charge on any atom is 0.291 e. The predicted molar refractivity (Wildman–Crippen MR) is 141 cm³/mol. The molecule has 3 aromatic carbocycles. The van der Waals surface area contributed by atoms with E-state index in [1.807, 2.05) is 0 Å². The molecule has 1 atom stereocenters. The van der Waals surface area contributed by atoms with Gasteiger partial charge >= 0.3 is 0 Å². The number of furan rings is 1. The molecule has 2 aliphatic rings. The van der Waals surface area contributed by atoms with E-state index in [1.54, 1.807) is 54.6 Å². The van der Waals surface area contributed by atoms with Crippen LogP contribution < -0.4 is 10.3 Å². The molecule has 2 aromatic heterocycles. The molecule has 0 N–H and O–H groups in total. The van der Waals surface area contributed by atoms with E-state index < -0.39 is 28.6 Å². The second kappa shape index (κ2) is 8.41. The Morgan fingerprint density at radius 1 is 0.897 bits per heavy atom. The number of rotatable bonds is 4. The zero-order chi connectivity index (χ0) is 26.9. The molecule has 0 fully saturated rings. The molecule has 2 amide bonds. The highest BCUT2D eigenvalue weighted by Crippen LogP contribution is 2.53. The number of hydrogen-bond acceptors (Lipinski definition) is 5. The number of amides is 2. The van der Waals surface area contributed by atoms with Crippen molar-refractivity contribution in [2.45, 2.75) is 18.6 Å². The molecule has 39 heavy (non-hydrogen) atoms. The van der Waals surface area contributed by atoms with Gasteiger partial charge in [0.2, 0.25) is 5.76 Å². The van der Waals surface area contributed by atoms with Gasteiger partial charge in [-0.1, -0.05) is 41.9 Å². The third kappa shape index (κ3) is 3.25. The van der Waals surface area contributed by atoms with Crippen molar-refractivity contribution in [1.82, 2.24) is 4.90 Å². The lowest BCUT2D eigenvalue weighted by atomic mass is 9.84. The number of hydrogen-bond donors (Lipinski definition) is 0. The Kier molecular flexibility index (Phi) is 5.05. The average Bonchev–Trinajstić information content (AvgIpc) is 3.60. The minimum atomic E-state index is -1.81. The van der Waals surface area contributed by atoms with Crippen LogP contribution in [0.1, 0.15) is 33.0 Å². The first-order valence-corrected chi connectivity index (χ1v) is 12.5. The minimum absolute atomic E-state index is 0.0621. The quantitative estimate of drug-likeness (QED) is 0.295. The first-order chi connectivity index (χ1) is 18.9.